The number of halogens is 10. The molecule has 51 heavy (non-hydrogen) atoms. The van der Waals surface area contributed by atoms with Gasteiger partial charge in [-0.05, 0) is 85.0 Å². The van der Waals surface area contributed by atoms with E-state index in [4.69, 9.17) is 5.73 Å². The zero-order valence-electron chi connectivity index (χ0n) is 27.2. The van der Waals surface area contributed by atoms with Crippen molar-refractivity contribution in [1.29, 1.82) is 0 Å². The molecule has 5 rings (SSSR count). The Hall–Kier alpha value is -4.52. The minimum atomic E-state index is -5.14. The lowest BCUT2D eigenvalue weighted by molar-refractivity contribution is -0.391. The zero-order chi connectivity index (χ0) is 37.5. The van der Waals surface area contributed by atoms with Gasteiger partial charge in [0.05, 0.1) is 18.2 Å². The van der Waals surface area contributed by atoms with Crippen LogP contribution in [0.25, 0.3) is 0 Å². The standard InChI is InChI=1S/C31H33F10N7O3/c1-3-47(14-18-6-4-17(5-7-18)10-26(42)49)23-13-25-24(50-30(38,39)31(40,41)51-25)11-20(23)16-48(27-43-45-46(2)44-27)15-19-8-21(28(32,33)34)12-22(9-19)29(35,36)37/h8-9,11-13,17-18H,3-7,10,14-16H2,1-2H3,(H2,42,49)/t17-,18-. The maximum atomic E-state index is 14.3. The second kappa shape index (κ2) is 13.9. The number of benzene rings is 2. The van der Waals surface area contributed by atoms with Gasteiger partial charge in [-0.25, -0.2) is 0 Å². The molecule has 10 nitrogen and oxygen atoms in total. The highest BCUT2D eigenvalue weighted by Crippen LogP contribution is 2.49. The maximum absolute atomic E-state index is 14.3. The van der Waals surface area contributed by atoms with E-state index in [1.807, 2.05) is 0 Å². The number of nitrogens with zero attached hydrogens (tertiary/aromatic N) is 6. The molecule has 1 amide bonds. The molecular weight excluding hydrogens is 708 g/mol. The third-order valence-electron chi connectivity index (χ3n) is 8.78. The second-order valence-electron chi connectivity index (χ2n) is 12.6. The summed E-state index contributed by atoms with van der Waals surface area (Å²) in [7, 11) is 1.36. The van der Waals surface area contributed by atoms with Gasteiger partial charge in [0.15, 0.2) is 11.5 Å². The number of hydrogen-bond acceptors (Lipinski definition) is 8. The quantitative estimate of drug-likeness (QED) is 0.211. The maximum Gasteiger partial charge on any atom is 0.507 e. The molecule has 1 fully saturated rings. The number of aryl methyl sites for hydroxylation is 1. The van der Waals surface area contributed by atoms with Crippen LogP contribution in [0.1, 0.15) is 61.3 Å². The molecule has 0 radical (unpaired) electrons. The van der Waals surface area contributed by atoms with E-state index in [9.17, 15) is 48.7 Å². The Kier molecular flexibility index (Phi) is 10.3. The summed E-state index contributed by atoms with van der Waals surface area (Å²) in [6.45, 7) is 1.23. The van der Waals surface area contributed by atoms with E-state index in [0.29, 0.717) is 44.4 Å². The van der Waals surface area contributed by atoms with Gasteiger partial charge in [-0.3, -0.25) is 4.79 Å². The highest BCUT2D eigenvalue weighted by atomic mass is 19.4. The Morgan fingerprint density at radius 3 is 1.90 bits per heavy atom. The van der Waals surface area contributed by atoms with Crippen LogP contribution in [0.3, 0.4) is 0 Å². The molecular formula is C31H33F10N7O3. The first-order chi connectivity index (χ1) is 23.6. The molecule has 20 heteroatoms. The first-order valence-electron chi connectivity index (χ1n) is 15.8. The van der Waals surface area contributed by atoms with Gasteiger partial charge in [-0.1, -0.05) is 5.10 Å². The number of tetrazole rings is 1. The number of alkyl halides is 10. The summed E-state index contributed by atoms with van der Waals surface area (Å²) in [5.41, 5.74) is 2.05. The van der Waals surface area contributed by atoms with Crippen LogP contribution < -0.4 is 25.0 Å². The molecule has 2 heterocycles. The summed E-state index contributed by atoms with van der Waals surface area (Å²) in [6.07, 6.45) is -17.4. The summed E-state index contributed by atoms with van der Waals surface area (Å²) in [5.74, 6) is -2.02. The van der Waals surface area contributed by atoms with E-state index in [-0.39, 0.29) is 48.1 Å². The van der Waals surface area contributed by atoms with E-state index in [1.54, 1.807) is 11.8 Å². The number of amides is 1. The lowest BCUT2D eigenvalue weighted by atomic mass is 9.80. The van der Waals surface area contributed by atoms with Crippen LogP contribution in [0.5, 0.6) is 11.5 Å². The highest BCUT2D eigenvalue weighted by Gasteiger charge is 2.66. The van der Waals surface area contributed by atoms with E-state index in [1.165, 1.54) is 7.05 Å². The van der Waals surface area contributed by atoms with Gasteiger partial charge in [-0.2, -0.15) is 48.7 Å². The van der Waals surface area contributed by atoms with Crippen molar-refractivity contribution in [3.05, 3.63) is 52.6 Å². The SMILES string of the molecule is CCN(C[C@H]1CC[C@H](CC(N)=O)CC1)c1cc2c(cc1CN(Cc1cc(C(F)(F)F)cc(C(F)(F)F)c1)c1nnn(C)n1)OC(F)(F)C(F)(F)O2. The number of aromatic nitrogens is 4. The molecule has 1 saturated carbocycles. The number of hydrogen-bond donors (Lipinski definition) is 1. The van der Waals surface area contributed by atoms with Crippen molar-refractivity contribution >= 4 is 17.5 Å². The largest absolute Gasteiger partial charge is 0.507 e. The Balaban J connectivity index is 1.56. The van der Waals surface area contributed by atoms with Crippen LogP contribution in [0.4, 0.5) is 55.5 Å². The van der Waals surface area contributed by atoms with Gasteiger partial charge >= 0.3 is 24.6 Å². The number of carbonyl (C=O) groups excluding carboxylic acids is 1. The molecule has 2 aliphatic rings. The number of fused-ring (bicyclic) bond motifs is 1. The fourth-order valence-corrected chi connectivity index (χ4v) is 6.31. The molecule has 0 spiro atoms. The molecule has 2 N–H and O–H groups in total. The van der Waals surface area contributed by atoms with Crippen molar-refractivity contribution in [3.63, 3.8) is 0 Å². The summed E-state index contributed by atoms with van der Waals surface area (Å²) in [6, 6.07) is 3.10. The summed E-state index contributed by atoms with van der Waals surface area (Å²) >= 11 is 0. The molecule has 1 aromatic heterocycles. The Morgan fingerprint density at radius 1 is 0.863 bits per heavy atom. The lowest BCUT2D eigenvalue weighted by Crippen LogP contribution is -2.52. The monoisotopic (exact) mass is 741 g/mol. The number of anilines is 2. The van der Waals surface area contributed by atoms with Gasteiger partial charge in [0, 0.05) is 44.4 Å². The molecule has 3 aromatic rings. The van der Waals surface area contributed by atoms with Gasteiger partial charge in [-0.15, -0.1) is 5.10 Å². The lowest BCUT2D eigenvalue weighted by Gasteiger charge is -2.36. The van der Waals surface area contributed by atoms with Gasteiger partial charge in [0.1, 0.15) is 0 Å². The molecule has 1 aliphatic heterocycles. The zero-order valence-corrected chi connectivity index (χ0v) is 27.2. The predicted octanol–water partition coefficient (Wildman–Crippen LogP) is 6.92. The summed E-state index contributed by atoms with van der Waals surface area (Å²) in [5, 5.41) is 11.6. The van der Waals surface area contributed by atoms with Crippen LogP contribution in [-0.4, -0.2) is 51.4 Å². The normalized spacial score (nSPS) is 19.8. The predicted molar refractivity (Wildman–Crippen MR) is 160 cm³/mol. The van der Waals surface area contributed by atoms with E-state index >= 15 is 0 Å². The third kappa shape index (κ3) is 8.69. The molecule has 0 bridgehead atoms. The van der Waals surface area contributed by atoms with E-state index in [2.05, 4.69) is 24.9 Å². The van der Waals surface area contributed by atoms with Crippen molar-refractivity contribution in [2.24, 2.45) is 24.6 Å². The highest BCUT2D eigenvalue weighted by molar-refractivity contribution is 5.74. The average molecular weight is 742 g/mol. The van der Waals surface area contributed by atoms with Crippen LogP contribution >= 0.6 is 0 Å². The molecule has 0 saturated heterocycles. The van der Waals surface area contributed by atoms with Crippen molar-refractivity contribution in [3.8, 4) is 11.5 Å². The Morgan fingerprint density at radius 2 is 1.41 bits per heavy atom. The Bertz CT molecular complexity index is 1690. The first-order valence-corrected chi connectivity index (χ1v) is 15.8. The molecule has 2 aromatic carbocycles. The van der Waals surface area contributed by atoms with Crippen molar-refractivity contribution in [1.82, 2.24) is 20.2 Å². The van der Waals surface area contributed by atoms with Crippen LogP contribution in [0.2, 0.25) is 0 Å². The first kappa shape index (κ1) is 37.7. The van der Waals surface area contributed by atoms with Gasteiger partial charge in [0.2, 0.25) is 5.91 Å². The topological polar surface area (TPSA) is 112 Å². The average Bonchev–Trinajstić information content (AvgIpc) is 3.45. The van der Waals surface area contributed by atoms with Crippen LogP contribution in [-0.2, 0) is 37.3 Å². The van der Waals surface area contributed by atoms with Crippen LogP contribution in [0.15, 0.2) is 30.3 Å². The van der Waals surface area contributed by atoms with E-state index < -0.39 is 71.8 Å². The fraction of sp³-hybridized carbons (Fsp3) is 0.548. The Labute approximate surface area is 284 Å². The molecule has 1 aliphatic carbocycles. The number of ether oxygens (including phenoxy) is 2. The van der Waals surface area contributed by atoms with Gasteiger partial charge < -0.3 is 25.0 Å². The van der Waals surface area contributed by atoms with Crippen molar-refractivity contribution in [2.45, 2.75) is 76.7 Å². The number of rotatable bonds is 11. The fourth-order valence-electron chi connectivity index (χ4n) is 6.31. The van der Waals surface area contributed by atoms with Gasteiger partial charge in [0.25, 0.3) is 5.95 Å². The third-order valence-corrected chi connectivity index (χ3v) is 8.78. The summed E-state index contributed by atoms with van der Waals surface area (Å²) < 4.78 is 148. The molecule has 0 unspecified atom stereocenters. The minimum absolute atomic E-state index is 0.0240. The summed E-state index contributed by atoms with van der Waals surface area (Å²) in [4.78, 5) is 15.3. The minimum Gasteiger partial charge on any atom is -0.421 e. The van der Waals surface area contributed by atoms with E-state index in [0.717, 1.165) is 21.8 Å². The smallest absolute Gasteiger partial charge is 0.421 e. The number of nitrogens with two attached hydrogens (primary N) is 1. The molecule has 0 atom stereocenters. The molecule has 280 valence electrons. The van der Waals surface area contributed by atoms with Crippen LogP contribution in [0, 0.1) is 11.8 Å². The van der Waals surface area contributed by atoms with Crippen molar-refractivity contribution < 1.29 is 58.2 Å². The van der Waals surface area contributed by atoms with Crippen molar-refractivity contribution in [2.75, 3.05) is 22.9 Å². The second-order valence-corrected chi connectivity index (χ2v) is 12.6. The number of primary amides is 1. The number of carbonyl (C=O) groups is 1.